The number of aliphatic hydroxyl groups is 1. The monoisotopic (exact) mass is 305 g/mol. The Kier molecular flexibility index (Phi) is 18.8. The third kappa shape index (κ3) is 17.3. The number of hydrogen-bond acceptors (Lipinski definition) is 5. The molecule has 0 fully saturated rings. The van der Waals surface area contributed by atoms with Gasteiger partial charge in [-0.15, -0.1) is 0 Å². The summed E-state index contributed by atoms with van der Waals surface area (Å²) in [6.07, 6.45) is 5.86. The summed E-state index contributed by atoms with van der Waals surface area (Å²) in [4.78, 5) is 11.0. The first-order valence-corrected chi connectivity index (χ1v) is 8.19. The molecule has 0 rings (SSSR count). The Bertz CT molecular complexity index is 216. The van der Waals surface area contributed by atoms with Crippen molar-refractivity contribution in [2.75, 3.05) is 19.8 Å². The molecule has 0 aliphatic heterocycles. The van der Waals surface area contributed by atoms with Gasteiger partial charge in [-0.1, -0.05) is 40.0 Å². The zero-order valence-electron chi connectivity index (χ0n) is 14.3. The van der Waals surface area contributed by atoms with E-state index in [-0.39, 0.29) is 0 Å². The molecule has 0 unspecified atom stereocenters. The Morgan fingerprint density at radius 2 is 1.43 bits per heavy atom. The summed E-state index contributed by atoms with van der Waals surface area (Å²) in [6.45, 7) is 10.1. The Morgan fingerprint density at radius 3 is 1.81 bits per heavy atom. The van der Waals surface area contributed by atoms with Gasteiger partial charge in [0.1, 0.15) is 6.04 Å². The number of hydrogen-bond donors (Lipinski definition) is 2. The molecule has 0 saturated carbocycles. The van der Waals surface area contributed by atoms with Crippen LogP contribution in [-0.2, 0) is 14.3 Å². The lowest BCUT2D eigenvalue weighted by atomic mass is 10.2. The first-order valence-electron chi connectivity index (χ1n) is 8.19. The Hall–Kier alpha value is -0.650. The first-order chi connectivity index (χ1) is 10.0. The van der Waals surface area contributed by atoms with Gasteiger partial charge in [0.25, 0.3) is 0 Å². The molecule has 5 heteroatoms. The number of esters is 1. The van der Waals surface area contributed by atoms with Crippen molar-refractivity contribution >= 4 is 5.97 Å². The van der Waals surface area contributed by atoms with Crippen molar-refractivity contribution in [1.29, 1.82) is 0 Å². The van der Waals surface area contributed by atoms with Crippen LogP contribution in [0.25, 0.3) is 0 Å². The summed E-state index contributed by atoms with van der Waals surface area (Å²) in [5.74, 6) is -0.529. The molecule has 0 saturated heterocycles. The molecule has 0 bridgehead atoms. The van der Waals surface area contributed by atoms with Crippen molar-refractivity contribution in [3.05, 3.63) is 0 Å². The molecule has 0 heterocycles. The average Bonchev–Trinajstić information content (AvgIpc) is 2.47. The predicted molar refractivity (Wildman–Crippen MR) is 86.2 cm³/mol. The van der Waals surface area contributed by atoms with E-state index >= 15 is 0 Å². The summed E-state index contributed by atoms with van der Waals surface area (Å²) >= 11 is 0. The quantitative estimate of drug-likeness (QED) is 0.453. The number of rotatable bonds is 11. The number of carbonyl (C=O) groups excluding carboxylic acids is 1. The topological polar surface area (TPSA) is 81.8 Å². The largest absolute Gasteiger partial charge is 0.464 e. The molecule has 5 nitrogen and oxygen atoms in total. The molecule has 21 heavy (non-hydrogen) atoms. The van der Waals surface area contributed by atoms with Crippen LogP contribution >= 0.6 is 0 Å². The van der Waals surface area contributed by atoms with Crippen molar-refractivity contribution < 1.29 is 19.4 Å². The third-order valence-corrected chi connectivity index (χ3v) is 2.82. The maximum atomic E-state index is 11.0. The van der Waals surface area contributed by atoms with E-state index in [0.717, 1.165) is 26.1 Å². The maximum Gasteiger partial charge on any atom is 0.325 e. The minimum absolute atomic E-state index is 0.385. The molecule has 2 atom stereocenters. The Balaban J connectivity index is 0. The van der Waals surface area contributed by atoms with E-state index in [9.17, 15) is 4.79 Å². The standard InChI is InChI=1S/C8H17NO3.C8H18O/c1-3-4-5-12-8(11)7(9)6(2)10;1-3-5-7-9-8-6-4-2/h6-7,10H,3-5,9H2,1-2H3;3-8H2,1-2H3/t6-,7+;/m1./s1. The second kappa shape index (κ2) is 17.4. The third-order valence-electron chi connectivity index (χ3n) is 2.82. The van der Waals surface area contributed by atoms with Gasteiger partial charge in [0.2, 0.25) is 0 Å². The van der Waals surface area contributed by atoms with Crippen molar-refractivity contribution in [3.8, 4) is 0 Å². The molecule has 0 aromatic carbocycles. The van der Waals surface area contributed by atoms with Crippen molar-refractivity contribution in [2.45, 2.75) is 78.4 Å². The van der Waals surface area contributed by atoms with Crippen LogP contribution in [0.15, 0.2) is 0 Å². The van der Waals surface area contributed by atoms with E-state index in [0.29, 0.717) is 6.61 Å². The van der Waals surface area contributed by atoms with Crippen molar-refractivity contribution in [3.63, 3.8) is 0 Å². The van der Waals surface area contributed by atoms with Gasteiger partial charge in [-0.05, 0) is 26.2 Å². The van der Waals surface area contributed by atoms with Gasteiger partial charge in [0, 0.05) is 13.2 Å². The van der Waals surface area contributed by atoms with Gasteiger partial charge in [-0.25, -0.2) is 0 Å². The highest BCUT2D eigenvalue weighted by molar-refractivity contribution is 5.76. The highest BCUT2D eigenvalue weighted by atomic mass is 16.5. The van der Waals surface area contributed by atoms with Crippen LogP contribution in [0.4, 0.5) is 0 Å². The molecule has 0 radical (unpaired) electrons. The number of ether oxygens (including phenoxy) is 2. The number of carbonyl (C=O) groups is 1. The summed E-state index contributed by atoms with van der Waals surface area (Å²) in [6, 6.07) is -0.915. The van der Waals surface area contributed by atoms with Crippen LogP contribution in [0.2, 0.25) is 0 Å². The minimum atomic E-state index is -0.915. The maximum absolute atomic E-state index is 11.0. The molecule has 3 N–H and O–H groups in total. The smallest absolute Gasteiger partial charge is 0.325 e. The predicted octanol–water partition coefficient (Wildman–Crippen LogP) is 2.64. The molecule has 0 spiro atoms. The highest BCUT2D eigenvalue weighted by Crippen LogP contribution is 1.95. The van der Waals surface area contributed by atoms with E-state index in [2.05, 4.69) is 13.8 Å². The number of nitrogens with two attached hydrogens (primary N) is 1. The molecular formula is C16H35NO4. The summed E-state index contributed by atoms with van der Waals surface area (Å²) in [5, 5.41) is 8.92. The van der Waals surface area contributed by atoms with Crippen LogP contribution in [0.5, 0.6) is 0 Å². The lowest BCUT2D eigenvalue weighted by Crippen LogP contribution is -2.41. The molecule has 0 aromatic heterocycles. The molecule has 0 amide bonds. The van der Waals surface area contributed by atoms with Gasteiger partial charge >= 0.3 is 5.97 Å². The SMILES string of the molecule is CCCCOC(=O)[C@@H](N)[C@@H](C)O.CCCCOCCCC. The fourth-order valence-electron chi connectivity index (χ4n) is 1.21. The van der Waals surface area contributed by atoms with Gasteiger partial charge in [0.05, 0.1) is 12.7 Å². The first kappa shape index (κ1) is 22.6. The fraction of sp³-hybridized carbons (Fsp3) is 0.938. The summed E-state index contributed by atoms with van der Waals surface area (Å²) < 4.78 is 10.1. The molecule has 0 aliphatic rings. The van der Waals surface area contributed by atoms with Crippen molar-refractivity contribution in [1.82, 2.24) is 0 Å². The molecule has 0 aromatic rings. The lowest BCUT2D eigenvalue weighted by molar-refractivity contribution is -0.147. The Labute approximate surface area is 130 Å². The normalized spacial score (nSPS) is 13.0. The van der Waals surface area contributed by atoms with Crippen LogP contribution in [0.1, 0.15) is 66.2 Å². The second-order valence-electron chi connectivity index (χ2n) is 5.11. The van der Waals surface area contributed by atoms with Crippen LogP contribution in [-0.4, -0.2) is 43.0 Å². The van der Waals surface area contributed by atoms with Crippen LogP contribution < -0.4 is 5.73 Å². The van der Waals surface area contributed by atoms with Gasteiger partial charge in [-0.2, -0.15) is 0 Å². The lowest BCUT2D eigenvalue weighted by Gasteiger charge is -2.13. The van der Waals surface area contributed by atoms with E-state index in [1.165, 1.54) is 32.6 Å². The van der Waals surface area contributed by atoms with E-state index in [1.807, 2.05) is 6.92 Å². The second-order valence-corrected chi connectivity index (χ2v) is 5.11. The summed E-state index contributed by atoms with van der Waals surface area (Å²) in [7, 11) is 0. The van der Waals surface area contributed by atoms with Gasteiger partial charge in [0.15, 0.2) is 0 Å². The van der Waals surface area contributed by atoms with E-state index in [1.54, 1.807) is 0 Å². The molecule has 128 valence electrons. The zero-order valence-corrected chi connectivity index (χ0v) is 14.3. The van der Waals surface area contributed by atoms with Gasteiger partial charge in [-0.3, -0.25) is 4.79 Å². The number of aliphatic hydroxyl groups excluding tert-OH is 1. The number of unbranched alkanes of at least 4 members (excludes halogenated alkanes) is 3. The zero-order chi connectivity index (χ0) is 16.5. The van der Waals surface area contributed by atoms with Gasteiger partial charge < -0.3 is 20.3 Å². The van der Waals surface area contributed by atoms with E-state index < -0.39 is 18.1 Å². The van der Waals surface area contributed by atoms with E-state index in [4.69, 9.17) is 20.3 Å². The molecular weight excluding hydrogens is 270 g/mol. The van der Waals surface area contributed by atoms with Crippen molar-refractivity contribution in [2.24, 2.45) is 5.73 Å². The highest BCUT2D eigenvalue weighted by Gasteiger charge is 2.19. The van der Waals surface area contributed by atoms with Crippen LogP contribution in [0.3, 0.4) is 0 Å². The average molecular weight is 305 g/mol. The summed E-state index contributed by atoms with van der Waals surface area (Å²) in [5.41, 5.74) is 5.32. The molecule has 0 aliphatic carbocycles. The minimum Gasteiger partial charge on any atom is -0.464 e. The fourth-order valence-corrected chi connectivity index (χ4v) is 1.21. The van der Waals surface area contributed by atoms with Crippen LogP contribution in [0, 0.1) is 0 Å². The Morgan fingerprint density at radius 1 is 1.00 bits per heavy atom.